The summed E-state index contributed by atoms with van der Waals surface area (Å²) < 4.78 is 6.07. The van der Waals surface area contributed by atoms with Gasteiger partial charge < -0.3 is 9.53 Å². The van der Waals surface area contributed by atoms with Crippen LogP contribution in [0.25, 0.3) is 11.1 Å². The van der Waals surface area contributed by atoms with Crippen molar-refractivity contribution in [1.82, 2.24) is 0 Å². The van der Waals surface area contributed by atoms with Gasteiger partial charge in [-0.05, 0) is 66.5 Å². The molecule has 0 amide bonds. The summed E-state index contributed by atoms with van der Waals surface area (Å²) in [5, 5.41) is 9.03. The summed E-state index contributed by atoms with van der Waals surface area (Å²) in [7, 11) is 0. The number of carbonyl (C=O) groups excluding carboxylic acids is 1. The van der Waals surface area contributed by atoms with Crippen LogP contribution in [-0.2, 0) is 4.79 Å². The molecule has 1 fully saturated rings. The Bertz CT molecular complexity index is 798. The second-order valence-electron chi connectivity index (χ2n) is 7.57. The van der Waals surface area contributed by atoms with Gasteiger partial charge in [0, 0.05) is 11.5 Å². The maximum absolute atomic E-state index is 11.6. The van der Waals surface area contributed by atoms with E-state index in [1.807, 2.05) is 36.4 Å². The number of hydrogen-bond donors (Lipinski definition) is 0. The van der Waals surface area contributed by atoms with Crippen molar-refractivity contribution < 1.29 is 9.53 Å². The zero-order valence-electron chi connectivity index (χ0n) is 15.4. The van der Waals surface area contributed by atoms with Crippen molar-refractivity contribution in [2.75, 3.05) is 6.61 Å². The van der Waals surface area contributed by atoms with E-state index in [1.54, 1.807) is 0 Å². The second-order valence-corrected chi connectivity index (χ2v) is 7.57. The smallest absolute Gasteiger partial charge is 0.127 e. The molecule has 134 valence electrons. The lowest BCUT2D eigenvalue weighted by Gasteiger charge is -2.17. The summed E-state index contributed by atoms with van der Waals surface area (Å²) >= 11 is 0. The second kappa shape index (κ2) is 8.19. The Morgan fingerprint density at radius 2 is 1.92 bits per heavy atom. The Morgan fingerprint density at radius 1 is 1.19 bits per heavy atom. The van der Waals surface area contributed by atoms with Crippen LogP contribution >= 0.6 is 0 Å². The molecule has 1 aliphatic rings. The van der Waals surface area contributed by atoms with Gasteiger partial charge in [0.1, 0.15) is 12.0 Å². The summed E-state index contributed by atoms with van der Waals surface area (Å²) in [6, 6.07) is 15.7. The molecule has 0 spiro atoms. The van der Waals surface area contributed by atoms with Crippen molar-refractivity contribution in [3.8, 4) is 22.9 Å². The lowest BCUT2D eigenvalue weighted by atomic mass is 9.89. The van der Waals surface area contributed by atoms with E-state index in [-0.39, 0.29) is 5.92 Å². The summed E-state index contributed by atoms with van der Waals surface area (Å²) in [5.74, 6) is 1.87. The molecule has 3 rings (SSSR count). The molecule has 0 aliphatic heterocycles. The Labute approximate surface area is 155 Å². The van der Waals surface area contributed by atoms with Crippen molar-refractivity contribution in [2.24, 2.45) is 11.8 Å². The minimum Gasteiger partial charge on any atom is -0.493 e. The van der Waals surface area contributed by atoms with Crippen molar-refractivity contribution in [3.05, 3.63) is 53.6 Å². The third-order valence-electron chi connectivity index (χ3n) is 4.82. The SMILES string of the molecule is CC(C)CC(C=O)c1ccc(OCC2CC2)c(-c2ccc(C#N)cc2)c1. The van der Waals surface area contributed by atoms with Gasteiger partial charge in [-0.25, -0.2) is 0 Å². The van der Waals surface area contributed by atoms with E-state index >= 15 is 0 Å². The Hall–Kier alpha value is -2.60. The number of nitriles is 1. The molecule has 0 aromatic heterocycles. The summed E-state index contributed by atoms with van der Waals surface area (Å²) in [5.41, 5.74) is 3.65. The van der Waals surface area contributed by atoms with Gasteiger partial charge in [0.15, 0.2) is 0 Å². The van der Waals surface area contributed by atoms with E-state index in [0.29, 0.717) is 17.4 Å². The highest BCUT2D eigenvalue weighted by molar-refractivity contribution is 5.74. The molecule has 0 radical (unpaired) electrons. The Kier molecular flexibility index (Phi) is 5.73. The fourth-order valence-corrected chi connectivity index (χ4v) is 3.12. The lowest BCUT2D eigenvalue weighted by Crippen LogP contribution is -2.06. The van der Waals surface area contributed by atoms with Gasteiger partial charge in [-0.3, -0.25) is 0 Å². The fourth-order valence-electron chi connectivity index (χ4n) is 3.12. The zero-order chi connectivity index (χ0) is 18.5. The van der Waals surface area contributed by atoms with Crippen LogP contribution in [0.3, 0.4) is 0 Å². The largest absolute Gasteiger partial charge is 0.493 e. The van der Waals surface area contributed by atoms with Gasteiger partial charge in [0.25, 0.3) is 0 Å². The predicted octanol–water partition coefficient (Wildman–Crippen LogP) is 5.34. The number of benzene rings is 2. The fraction of sp³-hybridized carbons (Fsp3) is 0.391. The molecule has 0 bridgehead atoms. The van der Waals surface area contributed by atoms with Crippen LogP contribution in [0, 0.1) is 23.2 Å². The maximum Gasteiger partial charge on any atom is 0.127 e. The van der Waals surface area contributed by atoms with Gasteiger partial charge in [0.05, 0.1) is 18.2 Å². The molecule has 1 aliphatic carbocycles. The highest BCUT2D eigenvalue weighted by atomic mass is 16.5. The number of aldehydes is 1. The first-order valence-electron chi connectivity index (χ1n) is 9.33. The van der Waals surface area contributed by atoms with E-state index in [2.05, 4.69) is 26.0 Å². The first-order chi connectivity index (χ1) is 12.6. The van der Waals surface area contributed by atoms with E-state index in [1.165, 1.54) is 12.8 Å². The molecule has 1 saturated carbocycles. The van der Waals surface area contributed by atoms with Crippen LogP contribution in [0.1, 0.15) is 50.2 Å². The molecule has 3 nitrogen and oxygen atoms in total. The monoisotopic (exact) mass is 347 g/mol. The first-order valence-corrected chi connectivity index (χ1v) is 9.33. The molecule has 1 unspecified atom stereocenters. The predicted molar refractivity (Wildman–Crippen MR) is 103 cm³/mol. The van der Waals surface area contributed by atoms with Crippen LogP contribution < -0.4 is 4.74 Å². The third kappa shape index (κ3) is 4.52. The van der Waals surface area contributed by atoms with Gasteiger partial charge in [-0.15, -0.1) is 0 Å². The standard InChI is InChI=1S/C23H25NO2/c1-16(2)11-21(14-25)20-9-10-23(26-15-18-3-4-18)22(12-20)19-7-5-17(13-24)6-8-19/h5-10,12,14,16,18,21H,3-4,11,15H2,1-2H3. The molecule has 0 heterocycles. The highest BCUT2D eigenvalue weighted by Gasteiger charge is 2.23. The van der Waals surface area contributed by atoms with E-state index < -0.39 is 0 Å². The molecule has 3 heteroatoms. The molecule has 2 aromatic carbocycles. The molecular formula is C23H25NO2. The summed E-state index contributed by atoms with van der Waals surface area (Å²) in [4.78, 5) is 11.6. The van der Waals surface area contributed by atoms with E-state index in [4.69, 9.17) is 10.00 Å². The number of ether oxygens (including phenoxy) is 1. The van der Waals surface area contributed by atoms with Gasteiger partial charge in [-0.2, -0.15) is 5.26 Å². The Balaban J connectivity index is 1.96. The number of hydrogen-bond acceptors (Lipinski definition) is 3. The molecule has 2 aromatic rings. The quantitative estimate of drug-likeness (QED) is 0.605. The maximum atomic E-state index is 11.6. The van der Waals surface area contributed by atoms with Gasteiger partial charge >= 0.3 is 0 Å². The summed E-state index contributed by atoms with van der Waals surface area (Å²) in [6.45, 7) is 5.00. The normalized spacial score (nSPS) is 14.7. The average molecular weight is 347 g/mol. The molecule has 0 N–H and O–H groups in total. The average Bonchev–Trinajstić information content (AvgIpc) is 3.49. The van der Waals surface area contributed by atoms with Gasteiger partial charge in [-0.1, -0.05) is 32.0 Å². The van der Waals surface area contributed by atoms with Crippen molar-refractivity contribution >= 4 is 6.29 Å². The number of carbonyl (C=O) groups is 1. The number of nitrogens with zero attached hydrogens (tertiary/aromatic N) is 1. The first kappa shape index (κ1) is 18.2. The minimum atomic E-state index is -0.107. The minimum absolute atomic E-state index is 0.107. The molecule has 0 saturated heterocycles. The van der Waals surface area contributed by atoms with Crippen molar-refractivity contribution in [2.45, 2.75) is 39.0 Å². The van der Waals surface area contributed by atoms with Crippen LogP contribution in [0.5, 0.6) is 5.75 Å². The summed E-state index contributed by atoms with van der Waals surface area (Å²) in [6.07, 6.45) is 4.36. The van der Waals surface area contributed by atoms with E-state index in [0.717, 1.165) is 41.8 Å². The van der Waals surface area contributed by atoms with Crippen LogP contribution in [-0.4, -0.2) is 12.9 Å². The molecular weight excluding hydrogens is 322 g/mol. The van der Waals surface area contributed by atoms with Crippen molar-refractivity contribution in [3.63, 3.8) is 0 Å². The topological polar surface area (TPSA) is 50.1 Å². The van der Waals surface area contributed by atoms with Crippen LogP contribution in [0.2, 0.25) is 0 Å². The molecule has 26 heavy (non-hydrogen) atoms. The van der Waals surface area contributed by atoms with Crippen molar-refractivity contribution in [1.29, 1.82) is 5.26 Å². The number of rotatable bonds is 8. The van der Waals surface area contributed by atoms with Crippen LogP contribution in [0.4, 0.5) is 0 Å². The Morgan fingerprint density at radius 3 is 2.50 bits per heavy atom. The van der Waals surface area contributed by atoms with Crippen LogP contribution in [0.15, 0.2) is 42.5 Å². The van der Waals surface area contributed by atoms with E-state index in [9.17, 15) is 4.79 Å². The zero-order valence-corrected chi connectivity index (χ0v) is 15.4. The third-order valence-corrected chi connectivity index (χ3v) is 4.82. The van der Waals surface area contributed by atoms with Gasteiger partial charge in [0.2, 0.25) is 0 Å². The lowest BCUT2D eigenvalue weighted by molar-refractivity contribution is -0.109. The molecule has 1 atom stereocenters. The highest BCUT2D eigenvalue weighted by Crippen LogP contribution is 2.36.